The molecule has 3 aromatic rings. The number of carboxylic acids is 1. The van der Waals surface area contributed by atoms with Crippen LogP contribution in [0.15, 0.2) is 72.8 Å². The molecule has 4 rings (SSSR count). The number of carbonyl (C=O) groups excluding carboxylic acids is 3. The topological polar surface area (TPSA) is 131 Å². The Morgan fingerprint density at radius 2 is 1.41 bits per heavy atom. The highest BCUT2D eigenvalue weighted by Gasteiger charge is 2.23. The van der Waals surface area contributed by atoms with E-state index in [1.165, 1.54) is 19.3 Å². The molecule has 0 radical (unpaired) electrons. The number of nitrogens with one attached hydrogen (secondary N) is 2. The standard InChI is InChI=1S/C37H44N2O7/c1-2-3-4-5-9-24-45-31-22-16-29(17-23-31)37(44)46-32-20-12-26(13-21-32)25-33(36(42)43)39-35(41)28-14-18-30(19-15-28)38-34(40)27-10-7-6-8-11-27/h12-23,27,33H,2-11,24-25H2,1H3,(H,38,40)(H,39,41)(H,42,43). The van der Waals surface area contributed by atoms with E-state index in [1.54, 1.807) is 72.8 Å². The van der Waals surface area contributed by atoms with Crippen molar-refractivity contribution in [2.75, 3.05) is 11.9 Å². The summed E-state index contributed by atoms with van der Waals surface area (Å²) in [5.41, 5.74) is 1.90. The zero-order valence-electron chi connectivity index (χ0n) is 26.5. The molecule has 9 heteroatoms. The van der Waals surface area contributed by atoms with Crippen molar-refractivity contribution in [1.82, 2.24) is 5.32 Å². The van der Waals surface area contributed by atoms with Gasteiger partial charge in [0.05, 0.1) is 12.2 Å². The summed E-state index contributed by atoms with van der Waals surface area (Å²) in [4.78, 5) is 49.9. The summed E-state index contributed by atoms with van der Waals surface area (Å²) in [5.74, 6) is -1.21. The fraction of sp³-hybridized carbons (Fsp3) is 0.405. The van der Waals surface area contributed by atoms with Gasteiger partial charge < -0.3 is 25.2 Å². The number of carboxylic acid groups (broad SMARTS) is 1. The number of carbonyl (C=O) groups is 4. The Kier molecular flexibility index (Phi) is 13.2. The van der Waals surface area contributed by atoms with Crippen LogP contribution >= 0.6 is 0 Å². The van der Waals surface area contributed by atoms with Crippen molar-refractivity contribution in [3.8, 4) is 11.5 Å². The highest BCUT2D eigenvalue weighted by Crippen LogP contribution is 2.25. The third-order valence-corrected chi connectivity index (χ3v) is 8.17. The third-order valence-electron chi connectivity index (χ3n) is 8.17. The van der Waals surface area contributed by atoms with Crippen LogP contribution in [0.5, 0.6) is 11.5 Å². The summed E-state index contributed by atoms with van der Waals surface area (Å²) >= 11 is 0. The molecule has 0 heterocycles. The van der Waals surface area contributed by atoms with Gasteiger partial charge in [0.2, 0.25) is 5.91 Å². The van der Waals surface area contributed by atoms with Gasteiger partial charge in [0, 0.05) is 23.6 Å². The summed E-state index contributed by atoms with van der Waals surface area (Å²) in [6.45, 7) is 2.82. The molecule has 1 aliphatic carbocycles. The SMILES string of the molecule is CCCCCCCOc1ccc(C(=O)Oc2ccc(CC(NC(=O)c3ccc(NC(=O)C4CCCCC4)cc3)C(=O)O)cc2)cc1. The summed E-state index contributed by atoms with van der Waals surface area (Å²) in [6.07, 6.45) is 10.9. The molecule has 9 nitrogen and oxygen atoms in total. The van der Waals surface area contributed by atoms with Gasteiger partial charge in [-0.15, -0.1) is 0 Å². The van der Waals surface area contributed by atoms with Gasteiger partial charge in [-0.05, 0) is 85.5 Å². The van der Waals surface area contributed by atoms with Crippen LogP contribution in [-0.2, 0) is 16.0 Å². The monoisotopic (exact) mass is 628 g/mol. The minimum atomic E-state index is -1.18. The molecule has 1 saturated carbocycles. The largest absolute Gasteiger partial charge is 0.494 e. The van der Waals surface area contributed by atoms with Gasteiger partial charge in [-0.3, -0.25) is 9.59 Å². The lowest BCUT2D eigenvalue weighted by molar-refractivity contribution is -0.139. The fourth-order valence-corrected chi connectivity index (χ4v) is 5.43. The maximum atomic E-state index is 12.8. The Balaban J connectivity index is 1.24. The van der Waals surface area contributed by atoms with E-state index in [2.05, 4.69) is 17.6 Å². The molecular weight excluding hydrogens is 584 g/mol. The first-order valence-electron chi connectivity index (χ1n) is 16.3. The molecule has 0 aromatic heterocycles. The van der Waals surface area contributed by atoms with Gasteiger partial charge in [-0.25, -0.2) is 9.59 Å². The van der Waals surface area contributed by atoms with E-state index in [-0.39, 0.29) is 23.8 Å². The van der Waals surface area contributed by atoms with E-state index in [1.807, 2.05) is 0 Å². The van der Waals surface area contributed by atoms with Crippen LogP contribution in [0.4, 0.5) is 5.69 Å². The van der Waals surface area contributed by atoms with Crippen molar-refractivity contribution >= 4 is 29.4 Å². The Morgan fingerprint density at radius 1 is 0.783 bits per heavy atom. The number of ether oxygens (including phenoxy) is 2. The molecule has 46 heavy (non-hydrogen) atoms. The molecule has 0 spiro atoms. The molecule has 3 N–H and O–H groups in total. The number of hydrogen-bond donors (Lipinski definition) is 3. The molecule has 1 unspecified atom stereocenters. The number of rotatable bonds is 16. The first-order valence-corrected chi connectivity index (χ1v) is 16.3. The maximum Gasteiger partial charge on any atom is 0.343 e. The van der Waals surface area contributed by atoms with Crippen LogP contribution in [0, 0.1) is 5.92 Å². The van der Waals surface area contributed by atoms with Gasteiger partial charge in [0.15, 0.2) is 0 Å². The predicted molar refractivity (Wildman–Crippen MR) is 176 cm³/mol. The second kappa shape index (κ2) is 17.7. The number of aliphatic carboxylic acids is 1. The van der Waals surface area contributed by atoms with E-state index < -0.39 is 23.9 Å². The zero-order chi connectivity index (χ0) is 32.7. The van der Waals surface area contributed by atoms with Crippen molar-refractivity contribution < 1.29 is 33.8 Å². The maximum absolute atomic E-state index is 12.8. The van der Waals surface area contributed by atoms with Crippen molar-refractivity contribution in [2.24, 2.45) is 5.92 Å². The Labute approximate surface area is 270 Å². The average molecular weight is 629 g/mol. The summed E-state index contributed by atoms with van der Waals surface area (Å²) < 4.78 is 11.2. The molecular formula is C37H44N2O7. The number of esters is 1. The molecule has 2 amide bonds. The van der Waals surface area contributed by atoms with E-state index in [0.29, 0.717) is 34.9 Å². The smallest absolute Gasteiger partial charge is 0.343 e. The van der Waals surface area contributed by atoms with Gasteiger partial charge in [0.1, 0.15) is 17.5 Å². The lowest BCUT2D eigenvalue weighted by Gasteiger charge is -2.20. The number of amides is 2. The highest BCUT2D eigenvalue weighted by molar-refractivity contribution is 5.98. The van der Waals surface area contributed by atoms with Crippen LogP contribution in [0.3, 0.4) is 0 Å². The van der Waals surface area contributed by atoms with Gasteiger partial charge in [-0.2, -0.15) is 0 Å². The van der Waals surface area contributed by atoms with Crippen molar-refractivity contribution in [2.45, 2.75) is 83.6 Å². The average Bonchev–Trinajstić information content (AvgIpc) is 3.07. The molecule has 1 fully saturated rings. The molecule has 0 saturated heterocycles. The summed E-state index contributed by atoms with van der Waals surface area (Å²) in [5, 5.41) is 15.2. The number of hydrogen-bond acceptors (Lipinski definition) is 6. The predicted octanol–water partition coefficient (Wildman–Crippen LogP) is 7.20. The fourth-order valence-electron chi connectivity index (χ4n) is 5.43. The molecule has 0 aliphatic heterocycles. The minimum absolute atomic E-state index is 0.00790. The Bertz CT molecular complexity index is 1430. The Morgan fingerprint density at radius 3 is 2.07 bits per heavy atom. The quantitative estimate of drug-likeness (QED) is 0.0869. The summed E-state index contributed by atoms with van der Waals surface area (Å²) in [6, 6.07) is 18.5. The molecule has 244 valence electrons. The van der Waals surface area contributed by atoms with Crippen LogP contribution < -0.4 is 20.1 Å². The van der Waals surface area contributed by atoms with Crippen LogP contribution in [-0.4, -0.2) is 41.5 Å². The normalized spacial score (nSPS) is 13.8. The van der Waals surface area contributed by atoms with Crippen LogP contribution in [0.1, 0.15) is 97.4 Å². The van der Waals surface area contributed by atoms with Crippen molar-refractivity contribution in [3.63, 3.8) is 0 Å². The first kappa shape index (κ1) is 34.2. The van der Waals surface area contributed by atoms with Gasteiger partial charge in [0.25, 0.3) is 5.91 Å². The Hall–Kier alpha value is -4.66. The number of unbranched alkanes of at least 4 members (excludes halogenated alkanes) is 4. The number of benzene rings is 3. The first-order chi connectivity index (χ1) is 22.3. The zero-order valence-corrected chi connectivity index (χ0v) is 26.5. The van der Waals surface area contributed by atoms with Crippen LogP contribution in [0.25, 0.3) is 0 Å². The number of anilines is 1. The summed E-state index contributed by atoms with van der Waals surface area (Å²) in [7, 11) is 0. The van der Waals surface area contributed by atoms with Crippen LogP contribution in [0.2, 0.25) is 0 Å². The molecule has 3 aromatic carbocycles. The molecule has 0 bridgehead atoms. The van der Waals surface area contributed by atoms with Crippen molar-refractivity contribution in [3.05, 3.63) is 89.5 Å². The van der Waals surface area contributed by atoms with E-state index in [4.69, 9.17) is 9.47 Å². The second-order valence-electron chi connectivity index (χ2n) is 11.8. The van der Waals surface area contributed by atoms with E-state index in [9.17, 15) is 24.3 Å². The van der Waals surface area contributed by atoms with Crippen molar-refractivity contribution in [1.29, 1.82) is 0 Å². The molecule has 1 atom stereocenters. The lowest BCUT2D eigenvalue weighted by Crippen LogP contribution is -2.42. The lowest BCUT2D eigenvalue weighted by atomic mass is 9.88. The van der Waals surface area contributed by atoms with E-state index >= 15 is 0 Å². The van der Waals surface area contributed by atoms with Gasteiger partial charge in [-0.1, -0.05) is 64.0 Å². The second-order valence-corrected chi connectivity index (χ2v) is 11.8. The third kappa shape index (κ3) is 10.8. The minimum Gasteiger partial charge on any atom is -0.494 e. The van der Waals surface area contributed by atoms with E-state index in [0.717, 1.165) is 44.9 Å². The highest BCUT2D eigenvalue weighted by atomic mass is 16.5. The van der Waals surface area contributed by atoms with Gasteiger partial charge >= 0.3 is 11.9 Å². The molecule has 1 aliphatic rings.